The molecule has 2 aromatic carbocycles. The largest absolute Gasteiger partial charge is 0.496 e. The van der Waals surface area contributed by atoms with Crippen molar-refractivity contribution in [2.75, 3.05) is 18.2 Å². The van der Waals surface area contributed by atoms with Crippen LogP contribution in [-0.2, 0) is 11.3 Å². The van der Waals surface area contributed by atoms with Gasteiger partial charge in [-0.25, -0.2) is 0 Å². The van der Waals surface area contributed by atoms with Crippen molar-refractivity contribution in [3.63, 3.8) is 0 Å². The monoisotopic (exact) mass is 423 g/mol. The standard InChI is InChI=1S/C20H22ClN3O3.ClH/c1-12(25)24(15-7-8-15)11-13-3-5-14(6-4-13)23-20(26)16-9-17(21)18(22)10-19(16)27-2;/h3-6,9-10,15H,7-8,11,22H2,1-2H3,(H,23,26);1H. The van der Waals surface area contributed by atoms with Crippen LogP contribution < -0.4 is 15.8 Å². The van der Waals surface area contributed by atoms with E-state index in [0.29, 0.717) is 40.3 Å². The third-order valence-corrected chi connectivity index (χ3v) is 4.85. The highest BCUT2D eigenvalue weighted by Gasteiger charge is 2.30. The lowest BCUT2D eigenvalue weighted by Crippen LogP contribution is -2.30. The number of nitrogens with one attached hydrogen (secondary N) is 1. The number of nitrogens with two attached hydrogens (primary N) is 1. The van der Waals surface area contributed by atoms with Crippen molar-refractivity contribution in [3.8, 4) is 5.75 Å². The Morgan fingerprint density at radius 1 is 1.25 bits per heavy atom. The number of carbonyl (C=O) groups is 2. The first kappa shape index (κ1) is 21.9. The zero-order chi connectivity index (χ0) is 19.6. The summed E-state index contributed by atoms with van der Waals surface area (Å²) in [5.41, 5.74) is 8.06. The highest BCUT2D eigenvalue weighted by atomic mass is 35.5. The second-order valence-electron chi connectivity index (χ2n) is 6.60. The molecule has 1 aliphatic carbocycles. The number of ether oxygens (including phenoxy) is 1. The molecule has 0 spiro atoms. The van der Waals surface area contributed by atoms with Crippen molar-refractivity contribution in [1.82, 2.24) is 4.90 Å². The topological polar surface area (TPSA) is 84.7 Å². The van der Waals surface area contributed by atoms with Gasteiger partial charge >= 0.3 is 0 Å². The van der Waals surface area contributed by atoms with E-state index in [1.807, 2.05) is 29.2 Å². The molecule has 1 aliphatic rings. The lowest BCUT2D eigenvalue weighted by atomic mass is 10.1. The second-order valence-corrected chi connectivity index (χ2v) is 7.01. The van der Waals surface area contributed by atoms with Gasteiger partial charge in [-0.1, -0.05) is 23.7 Å². The molecule has 0 aliphatic heterocycles. The second kappa shape index (κ2) is 9.17. The van der Waals surface area contributed by atoms with Gasteiger partial charge in [-0.2, -0.15) is 0 Å². The van der Waals surface area contributed by atoms with E-state index in [4.69, 9.17) is 22.1 Å². The number of hydrogen-bond donors (Lipinski definition) is 2. The Balaban J connectivity index is 0.00000280. The fourth-order valence-corrected chi connectivity index (χ4v) is 3.05. The van der Waals surface area contributed by atoms with Crippen LogP contribution in [0.3, 0.4) is 0 Å². The summed E-state index contributed by atoms with van der Waals surface area (Å²) >= 11 is 6.02. The lowest BCUT2D eigenvalue weighted by molar-refractivity contribution is -0.130. The first-order valence-corrected chi connectivity index (χ1v) is 9.07. The minimum absolute atomic E-state index is 0. The summed E-state index contributed by atoms with van der Waals surface area (Å²) in [6.07, 6.45) is 2.14. The summed E-state index contributed by atoms with van der Waals surface area (Å²) in [5, 5.41) is 3.11. The summed E-state index contributed by atoms with van der Waals surface area (Å²) < 4.78 is 5.22. The van der Waals surface area contributed by atoms with Crippen LogP contribution in [-0.4, -0.2) is 29.9 Å². The van der Waals surface area contributed by atoms with Crippen molar-refractivity contribution < 1.29 is 14.3 Å². The number of nitrogens with zero attached hydrogens (tertiary/aromatic N) is 1. The summed E-state index contributed by atoms with van der Waals surface area (Å²) in [6, 6.07) is 10.8. The Kier molecular flexibility index (Phi) is 7.16. The molecule has 0 aromatic heterocycles. The minimum atomic E-state index is -0.343. The van der Waals surface area contributed by atoms with E-state index >= 15 is 0 Å². The van der Waals surface area contributed by atoms with Crippen LogP contribution in [0.2, 0.25) is 5.02 Å². The average Bonchev–Trinajstić information content (AvgIpc) is 3.47. The molecule has 0 heterocycles. The van der Waals surface area contributed by atoms with Crippen LogP contribution in [0.15, 0.2) is 36.4 Å². The number of hydrogen-bond acceptors (Lipinski definition) is 4. The first-order valence-electron chi connectivity index (χ1n) is 8.69. The molecule has 0 unspecified atom stereocenters. The van der Waals surface area contributed by atoms with Crippen LogP contribution in [0.4, 0.5) is 11.4 Å². The maximum atomic E-state index is 12.6. The quantitative estimate of drug-likeness (QED) is 0.684. The molecule has 0 atom stereocenters. The van der Waals surface area contributed by atoms with E-state index in [9.17, 15) is 9.59 Å². The van der Waals surface area contributed by atoms with Crippen molar-refractivity contribution in [1.29, 1.82) is 0 Å². The normalized spacial score (nSPS) is 12.7. The van der Waals surface area contributed by atoms with Crippen molar-refractivity contribution in [3.05, 3.63) is 52.5 Å². The van der Waals surface area contributed by atoms with Gasteiger partial charge in [-0.3, -0.25) is 9.59 Å². The van der Waals surface area contributed by atoms with Crippen LogP contribution in [0.25, 0.3) is 0 Å². The van der Waals surface area contributed by atoms with Crippen molar-refractivity contribution in [2.45, 2.75) is 32.4 Å². The first-order chi connectivity index (χ1) is 12.9. The van der Waals surface area contributed by atoms with Gasteiger partial charge in [0.05, 0.1) is 23.4 Å². The van der Waals surface area contributed by atoms with E-state index in [1.165, 1.54) is 19.2 Å². The summed E-state index contributed by atoms with van der Waals surface area (Å²) in [6.45, 7) is 2.17. The number of benzene rings is 2. The van der Waals surface area contributed by atoms with Gasteiger partial charge < -0.3 is 20.7 Å². The number of carbonyl (C=O) groups excluding carboxylic acids is 2. The molecule has 8 heteroatoms. The van der Waals surface area contributed by atoms with Crippen LogP contribution in [0.1, 0.15) is 35.7 Å². The molecule has 3 N–H and O–H groups in total. The Bertz CT molecular complexity index is 868. The van der Waals surface area contributed by atoms with Crippen LogP contribution in [0, 0.1) is 0 Å². The molecule has 0 saturated heterocycles. The number of methoxy groups -OCH3 is 1. The highest BCUT2D eigenvalue weighted by molar-refractivity contribution is 6.33. The summed E-state index contributed by atoms with van der Waals surface area (Å²) in [7, 11) is 1.47. The molecule has 28 heavy (non-hydrogen) atoms. The molecule has 3 rings (SSSR count). The number of rotatable bonds is 6. The van der Waals surface area contributed by atoms with E-state index < -0.39 is 0 Å². The minimum Gasteiger partial charge on any atom is -0.496 e. The van der Waals surface area contributed by atoms with Crippen molar-refractivity contribution >= 4 is 47.2 Å². The third-order valence-electron chi connectivity index (χ3n) is 4.52. The van der Waals surface area contributed by atoms with E-state index in [2.05, 4.69) is 5.32 Å². The average molecular weight is 424 g/mol. The van der Waals surface area contributed by atoms with E-state index in [0.717, 1.165) is 18.4 Å². The Morgan fingerprint density at radius 3 is 2.43 bits per heavy atom. The molecule has 2 amide bonds. The predicted molar refractivity (Wildman–Crippen MR) is 113 cm³/mol. The fraction of sp³-hybridized carbons (Fsp3) is 0.300. The Morgan fingerprint density at radius 2 is 1.89 bits per heavy atom. The van der Waals surface area contributed by atoms with Crippen LogP contribution >= 0.6 is 24.0 Å². The van der Waals surface area contributed by atoms with Gasteiger partial charge in [-0.15, -0.1) is 12.4 Å². The number of halogens is 2. The Hall–Kier alpha value is -2.44. The number of amides is 2. The summed E-state index contributed by atoms with van der Waals surface area (Å²) in [5.74, 6) is 0.0969. The molecule has 6 nitrogen and oxygen atoms in total. The van der Waals surface area contributed by atoms with E-state index in [1.54, 1.807) is 6.92 Å². The molecule has 150 valence electrons. The fourth-order valence-electron chi connectivity index (χ4n) is 2.89. The molecule has 1 fully saturated rings. The molecular formula is C20H23Cl2N3O3. The smallest absolute Gasteiger partial charge is 0.259 e. The number of nitrogen functional groups attached to an aromatic ring is 1. The summed E-state index contributed by atoms with van der Waals surface area (Å²) in [4.78, 5) is 26.2. The van der Waals surface area contributed by atoms with Gasteiger partial charge in [0.15, 0.2) is 0 Å². The SMILES string of the molecule is COc1cc(N)c(Cl)cc1C(=O)Nc1ccc(CN(C(C)=O)C2CC2)cc1.Cl. The third kappa shape index (κ3) is 5.09. The predicted octanol–water partition coefficient (Wildman–Crippen LogP) is 4.12. The molecule has 2 aromatic rings. The maximum absolute atomic E-state index is 12.6. The van der Waals surface area contributed by atoms with Gasteiger partial charge in [-0.05, 0) is 36.6 Å². The lowest BCUT2D eigenvalue weighted by Gasteiger charge is -2.20. The molecular weight excluding hydrogens is 401 g/mol. The molecule has 1 saturated carbocycles. The zero-order valence-corrected chi connectivity index (χ0v) is 17.3. The van der Waals surface area contributed by atoms with Crippen molar-refractivity contribution in [2.24, 2.45) is 0 Å². The van der Waals surface area contributed by atoms with Gasteiger partial charge in [0, 0.05) is 31.3 Å². The van der Waals surface area contributed by atoms with Gasteiger partial charge in [0.2, 0.25) is 5.91 Å². The number of anilines is 2. The maximum Gasteiger partial charge on any atom is 0.259 e. The molecule has 0 bridgehead atoms. The highest BCUT2D eigenvalue weighted by Crippen LogP contribution is 2.30. The van der Waals surface area contributed by atoms with Crippen LogP contribution in [0.5, 0.6) is 5.75 Å². The molecule has 0 radical (unpaired) electrons. The zero-order valence-electron chi connectivity index (χ0n) is 15.7. The van der Waals surface area contributed by atoms with Gasteiger partial charge in [0.25, 0.3) is 5.91 Å². The van der Waals surface area contributed by atoms with E-state index in [-0.39, 0.29) is 24.2 Å². The van der Waals surface area contributed by atoms with Gasteiger partial charge in [0.1, 0.15) is 5.75 Å². The Labute approximate surface area is 175 Å².